The Morgan fingerprint density at radius 3 is 2.55 bits per heavy atom. The van der Waals surface area contributed by atoms with Gasteiger partial charge in [-0.05, 0) is 58.8 Å². The molecular weight excluding hydrogens is 392 g/mol. The van der Waals surface area contributed by atoms with Crippen LogP contribution in [0.15, 0.2) is 12.2 Å². The van der Waals surface area contributed by atoms with Crippen molar-refractivity contribution in [1.29, 1.82) is 0 Å². The number of hydrogen-bond acceptors (Lipinski definition) is 5. The van der Waals surface area contributed by atoms with Crippen molar-refractivity contribution in [1.82, 2.24) is 0 Å². The minimum Gasteiger partial charge on any atom is -0.464 e. The molecule has 1 fully saturated rings. The lowest BCUT2D eigenvalue weighted by Crippen LogP contribution is -2.37. The zero-order chi connectivity index (χ0) is 23.1. The largest absolute Gasteiger partial charge is 0.464 e. The normalized spacial score (nSPS) is 20.5. The van der Waals surface area contributed by atoms with Crippen LogP contribution in [0.2, 0.25) is 0 Å². The molecule has 0 aromatic heterocycles. The van der Waals surface area contributed by atoms with Crippen LogP contribution in [-0.4, -0.2) is 37.4 Å². The first kappa shape index (κ1) is 27.8. The molecule has 5 heteroatoms. The van der Waals surface area contributed by atoms with Crippen LogP contribution in [0.4, 0.5) is 0 Å². The predicted octanol–water partition coefficient (Wildman–Crippen LogP) is 6.39. The van der Waals surface area contributed by atoms with Crippen LogP contribution in [0.1, 0.15) is 105 Å². The van der Waals surface area contributed by atoms with E-state index in [1.165, 1.54) is 25.7 Å². The Morgan fingerprint density at radius 2 is 1.87 bits per heavy atom. The average molecular weight is 439 g/mol. The van der Waals surface area contributed by atoms with Gasteiger partial charge < -0.3 is 14.2 Å². The van der Waals surface area contributed by atoms with Crippen LogP contribution in [0.3, 0.4) is 0 Å². The van der Waals surface area contributed by atoms with E-state index < -0.39 is 11.9 Å². The van der Waals surface area contributed by atoms with Gasteiger partial charge in [-0.25, -0.2) is 4.79 Å². The topological polar surface area (TPSA) is 61.8 Å². The van der Waals surface area contributed by atoms with E-state index in [1.54, 1.807) is 27.9 Å². The summed E-state index contributed by atoms with van der Waals surface area (Å²) in [6.07, 6.45) is 16.3. The van der Waals surface area contributed by atoms with E-state index in [0.717, 1.165) is 44.9 Å². The summed E-state index contributed by atoms with van der Waals surface area (Å²) in [7, 11) is 1.57. The van der Waals surface area contributed by atoms with Crippen LogP contribution >= 0.6 is 0 Å². The second-order valence-corrected chi connectivity index (χ2v) is 9.15. The van der Waals surface area contributed by atoms with Gasteiger partial charge in [-0.15, -0.1) is 0 Å². The molecular formula is C26H46O5. The summed E-state index contributed by atoms with van der Waals surface area (Å²) in [5, 5.41) is 0. The third-order valence-electron chi connectivity index (χ3n) is 6.21. The monoisotopic (exact) mass is 438 g/mol. The maximum absolute atomic E-state index is 12.4. The number of esters is 1. The summed E-state index contributed by atoms with van der Waals surface area (Å²) in [5.74, 6) is -0.143. The molecule has 0 N–H and O–H groups in total. The zero-order valence-electron chi connectivity index (χ0n) is 20.6. The van der Waals surface area contributed by atoms with Gasteiger partial charge in [0, 0.05) is 19.4 Å². The predicted molar refractivity (Wildman–Crippen MR) is 125 cm³/mol. The van der Waals surface area contributed by atoms with Crippen molar-refractivity contribution in [3.05, 3.63) is 12.2 Å². The molecule has 3 atom stereocenters. The third kappa shape index (κ3) is 11.3. The fourth-order valence-electron chi connectivity index (χ4n) is 4.22. The van der Waals surface area contributed by atoms with Crippen LogP contribution in [0, 0.1) is 11.8 Å². The molecule has 0 radical (unpaired) electrons. The first-order chi connectivity index (χ1) is 14.8. The number of ether oxygens (including phenoxy) is 3. The number of carbonyl (C=O) groups excluding carboxylic acids is 2. The van der Waals surface area contributed by atoms with Gasteiger partial charge in [0.05, 0.1) is 6.61 Å². The van der Waals surface area contributed by atoms with E-state index in [9.17, 15) is 9.59 Å². The van der Waals surface area contributed by atoms with Crippen LogP contribution < -0.4 is 0 Å². The molecule has 0 heterocycles. The van der Waals surface area contributed by atoms with Gasteiger partial charge in [0.15, 0.2) is 11.9 Å². The van der Waals surface area contributed by atoms with Gasteiger partial charge in [0.2, 0.25) is 0 Å². The van der Waals surface area contributed by atoms with Gasteiger partial charge in [-0.2, -0.15) is 0 Å². The lowest BCUT2D eigenvalue weighted by Gasteiger charge is -2.28. The molecule has 5 nitrogen and oxygen atoms in total. The third-order valence-corrected chi connectivity index (χ3v) is 6.21. The molecule has 0 saturated heterocycles. The van der Waals surface area contributed by atoms with Crippen molar-refractivity contribution in [3.8, 4) is 0 Å². The van der Waals surface area contributed by atoms with E-state index in [0.29, 0.717) is 24.7 Å². The first-order valence-corrected chi connectivity index (χ1v) is 12.4. The molecule has 0 aromatic carbocycles. The molecule has 0 spiro atoms. The lowest BCUT2D eigenvalue weighted by molar-refractivity contribution is -0.231. The molecule has 0 aliphatic heterocycles. The van der Waals surface area contributed by atoms with Gasteiger partial charge >= 0.3 is 5.97 Å². The van der Waals surface area contributed by atoms with Crippen LogP contribution in [0.5, 0.6) is 0 Å². The first-order valence-electron chi connectivity index (χ1n) is 12.4. The van der Waals surface area contributed by atoms with E-state index in [2.05, 4.69) is 19.1 Å². The van der Waals surface area contributed by atoms with Crippen molar-refractivity contribution in [2.45, 2.75) is 117 Å². The molecule has 1 aliphatic carbocycles. The Hall–Kier alpha value is -1.20. The number of allylic oxidation sites excluding steroid dienone is 2. The summed E-state index contributed by atoms with van der Waals surface area (Å²) in [4.78, 5) is 24.6. The number of hydrogen-bond donors (Lipinski definition) is 0. The zero-order valence-corrected chi connectivity index (χ0v) is 20.6. The smallest absolute Gasteiger partial charge is 0.335 e. The molecule has 1 aliphatic rings. The Balaban J connectivity index is 2.39. The van der Waals surface area contributed by atoms with E-state index in [1.807, 2.05) is 0 Å². The maximum atomic E-state index is 12.4. The molecule has 0 amide bonds. The SMILES string of the molecule is CCCCCC/C=C\[C@H]1CCC(=O)[C@@H]1CCCCCC(OC(C)(C)OC)C(=O)OCC. The highest BCUT2D eigenvalue weighted by Crippen LogP contribution is 2.34. The van der Waals surface area contributed by atoms with E-state index in [4.69, 9.17) is 14.2 Å². The average Bonchev–Trinajstić information content (AvgIpc) is 3.09. The van der Waals surface area contributed by atoms with Crippen LogP contribution in [-0.2, 0) is 23.8 Å². The number of Topliss-reactive ketones (excluding diaryl/α,β-unsaturated/α-hetero) is 1. The highest BCUT2D eigenvalue weighted by Gasteiger charge is 2.32. The Kier molecular flexibility index (Phi) is 14.0. The minimum absolute atomic E-state index is 0.177. The highest BCUT2D eigenvalue weighted by atomic mass is 16.7. The molecule has 1 unspecified atom stereocenters. The molecule has 1 rings (SSSR count). The van der Waals surface area contributed by atoms with Crippen LogP contribution in [0.25, 0.3) is 0 Å². The van der Waals surface area contributed by atoms with Gasteiger partial charge in [0.25, 0.3) is 0 Å². The minimum atomic E-state index is -0.830. The van der Waals surface area contributed by atoms with Gasteiger partial charge in [0.1, 0.15) is 5.78 Å². The number of rotatable bonds is 17. The summed E-state index contributed by atoms with van der Waals surface area (Å²) < 4.78 is 16.3. The molecule has 1 saturated carbocycles. The summed E-state index contributed by atoms with van der Waals surface area (Å²) in [6, 6.07) is 0. The van der Waals surface area contributed by atoms with E-state index in [-0.39, 0.29) is 11.9 Å². The second kappa shape index (κ2) is 15.6. The molecule has 0 bridgehead atoms. The van der Waals surface area contributed by atoms with Crippen molar-refractivity contribution >= 4 is 11.8 Å². The van der Waals surface area contributed by atoms with Gasteiger partial charge in [-0.3, -0.25) is 4.79 Å². The van der Waals surface area contributed by atoms with Crippen molar-refractivity contribution in [3.63, 3.8) is 0 Å². The quantitative estimate of drug-likeness (QED) is 0.114. The number of carbonyl (C=O) groups is 2. The maximum Gasteiger partial charge on any atom is 0.335 e. The fourth-order valence-corrected chi connectivity index (χ4v) is 4.22. The van der Waals surface area contributed by atoms with E-state index >= 15 is 0 Å². The summed E-state index contributed by atoms with van der Waals surface area (Å²) >= 11 is 0. The fraction of sp³-hybridized carbons (Fsp3) is 0.846. The Bertz CT molecular complexity index is 540. The van der Waals surface area contributed by atoms with Crippen molar-refractivity contribution < 1.29 is 23.8 Å². The Labute approximate surface area is 190 Å². The Morgan fingerprint density at radius 1 is 1.13 bits per heavy atom. The van der Waals surface area contributed by atoms with Gasteiger partial charge in [-0.1, -0.05) is 57.6 Å². The number of ketones is 1. The standard InChI is InChI=1S/C26H46O5/c1-6-8-9-10-11-13-16-21-19-20-23(27)22(21)17-14-12-15-18-24(25(28)30-7-2)31-26(3,4)29-5/h13,16,21-22,24H,6-12,14-15,17-20H2,1-5H3/b16-13-/t21-,22+,24?/m0/s1. The summed E-state index contributed by atoms with van der Waals surface area (Å²) in [5.41, 5.74) is 0. The molecule has 31 heavy (non-hydrogen) atoms. The molecule has 0 aromatic rings. The van der Waals surface area contributed by atoms with Crippen molar-refractivity contribution in [2.24, 2.45) is 11.8 Å². The number of unbranched alkanes of at least 4 members (excludes halogenated alkanes) is 6. The lowest BCUT2D eigenvalue weighted by atomic mass is 9.89. The summed E-state index contributed by atoms with van der Waals surface area (Å²) in [6.45, 7) is 7.95. The van der Waals surface area contributed by atoms with Crippen molar-refractivity contribution in [2.75, 3.05) is 13.7 Å². The number of methoxy groups -OCH3 is 1. The second-order valence-electron chi connectivity index (χ2n) is 9.15. The highest BCUT2D eigenvalue weighted by molar-refractivity contribution is 5.83. The molecule has 180 valence electrons.